The van der Waals surface area contributed by atoms with Crippen molar-refractivity contribution in [3.8, 4) is 17.2 Å². The number of hydrogen-bond acceptors (Lipinski definition) is 14. The van der Waals surface area contributed by atoms with Crippen molar-refractivity contribution in [3.63, 3.8) is 0 Å². The molecule has 0 saturated carbocycles. The maximum atomic E-state index is 13.5. The number of nitrogens with zero attached hydrogens (tertiary/aromatic N) is 2. The predicted molar refractivity (Wildman–Crippen MR) is 362 cm³/mol. The van der Waals surface area contributed by atoms with Crippen LogP contribution in [-0.4, -0.2) is 80.1 Å². The van der Waals surface area contributed by atoms with Crippen molar-refractivity contribution in [1.82, 2.24) is 14.9 Å². The predicted octanol–water partition coefficient (Wildman–Crippen LogP) is 16.8. The lowest BCUT2D eigenvalue weighted by atomic mass is 10.1. The van der Waals surface area contributed by atoms with Gasteiger partial charge in [0.15, 0.2) is 0 Å². The van der Waals surface area contributed by atoms with Gasteiger partial charge in [-0.05, 0) is 92.6 Å². The molecular weight excluding hydrogens is 1120 g/mol. The molecule has 16 nitrogen and oxygen atoms in total. The molecule has 1 atom stereocenters. The Labute approximate surface area is 530 Å². The zero-order valence-electron chi connectivity index (χ0n) is 53.3. The second-order valence-corrected chi connectivity index (χ2v) is 22.3. The number of carbonyl (C=O) groups is 4. The molecule has 16 heteroatoms. The van der Waals surface area contributed by atoms with Crippen LogP contribution in [0.5, 0.6) is 11.5 Å². The van der Waals surface area contributed by atoms with Crippen molar-refractivity contribution in [3.05, 3.63) is 148 Å². The minimum atomic E-state index is -0.406. The van der Waals surface area contributed by atoms with Crippen LogP contribution in [0, 0.1) is 0 Å². The van der Waals surface area contributed by atoms with E-state index in [2.05, 4.69) is 29.8 Å². The van der Waals surface area contributed by atoms with Crippen LogP contribution < -0.4 is 36.7 Å². The lowest BCUT2D eigenvalue weighted by Crippen LogP contribution is -2.46. The van der Waals surface area contributed by atoms with Crippen LogP contribution in [0.25, 0.3) is 16.6 Å². The standard InChI is InChI=1S/C38H49N3O4.C22H37NO3.C12H14N2O3.CH4/c1-3-4-5-6-7-8-9-10-11-12-13-19-28-45-38(43)30-24-25-35(44-2)34(29-30)39-27-26-36-40-33-23-18-17-22-32(33)37(42)41(36)31-20-15-14-16-21-31;1-3-4-5-6-7-8-9-10-11-12-13-14-17-26-22(24)19-15-16-21(25-2)20(23)18-19;1-2-17-11(15)7-10-13-9-6-4-3-5-8(9)12(16)14-10;/h14-18,20-25,29,39H,3-13,19,26-28H2,1-2H3;15-16,18H,3-14,17,23H2,1-2H3;3-6,10,13H,2,7H2,1H3,(H,14,16);1H4. The van der Waals surface area contributed by atoms with Crippen molar-refractivity contribution in [2.45, 2.75) is 201 Å². The lowest BCUT2D eigenvalue weighted by Gasteiger charge is -2.27. The Morgan fingerprint density at radius 3 is 1.60 bits per heavy atom. The van der Waals surface area contributed by atoms with Crippen LogP contribution in [0.3, 0.4) is 0 Å². The molecule has 6 aromatic rings. The van der Waals surface area contributed by atoms with E-state index in [9.17, 15) is 24.0 Å². The molecule has 0 bridgehead atoms. The van der Waals surface area contributed by atoms with Gasteiger partial charge in [0.05, 0.1) is 85.1 Å². The van der Waals surface area contributed by atoms with E-state index in [1.54, 1.807) is 80.3 Å². The normalized spacial score (nSPS) is 12.1. The first-order valence-electron chi connectivity index (χ1n) is 32.6. The highest BCUT2D eigenvalue weighted by Crippen LogP contribution is 2.27. The van der Waals surface area contributed by atoms with Crippen molar-refractivity contribution < 1.29 is 42.9 Å². The van der Waals surface area contributed by atoms with E-state index in [1.165, 1.54) is 128 Å². The highest BCUT2D eigenvalue weighted by atomic mass is 16.5. The number of rotatable bonds is 38. The first-order valence-corrected chi connectivity index (χ1v) is 32.6. The van der Waals surface area contributed by atoms with Gasteiger partial charge in [0, 0.05) is 18.7 Å². The second kappa shape index (κ2) is 43.7. The Bertz CT molecular complexity index is 3060. The number of nitrogen functional groups attached to an aromatic ring is 1. The fraction of sp³-hybridized carbons (Fsp3) is 0.507. The quantitative estimate of drug-likeness (QED) is 0.0123. The molecule has 0 radical (unpaired) electrons. The molecule has 1 unspecified atom stereocenters. The number of para-hydroxylation sites is 3. The number of fused-ring (bicyclic) bond motifs is 2. The Morgan fingerprint density at radius 1 is 0.562 bits per heavy atom. The fourth-order valence-electron chi connectivity index (χ4n) is 10.5. The third-order valence-corrected chi connectivity index (χ3v) is 15.4. The third kappa shape index (κ3) is 26.8. The summed E-state index contributed by atoms with van der Waals surface area (Å²) in [6, 6.07) is 34.4. The van der Waals surface area contributed by atoms with Crippen molar-refractivity contribution in [1.29, 1.82) is 0 Å². The molecule has 5 N–H and O–H groups in total. The maximum absolute atomic E-state index is 13.5. The molecule has 0 saturated heterocycles. The van der Waals surface area contributed by atoms with E-state index in [1.807, 2.05) is 60.7 Å². The van der Waals surface area contributed by atoms with E-state index in [4.69, 9.17) is 34.4 Å². The van der Waals surface area contributed by atoms with E-state index >= 15 is 0 Å². The van der Waals surface area contributed by atoms with Crippen molar-refractivity contribution in [2.24, 2.45) is 0 Å². The number of methoxy groups -OCH3 is 2. The fourth-order valence-corrected chi connectivity index (χ4v) is 10.5. The van der Waals surface area contributed by atoms with Gasteiger partial charge in [-0.15, -0.1) is 0 Å². The minimum absolute atomic E-state index is 0. The molecule has 1 aliphatic heterocycles. The number of aromatic nitrogens is 2. The summed E-state index contributed by atoms with van der Waals surface area (Å²) in [6.07, 6.45) is 30.9. The molecule has 1 aromatic heterocycles. The number of unbranched alkanes of at least 4 members (excludes halogenated alkanes) is 22. The summed E-state index contributed by atoms with van der Waals surface area (Å²) in [4.78, 5) is 66.1. The number of esters is 3. The molecule has 2 heterocycles. The highest BCUT2D eigenvalue weighted by Gasteiger charge is 2.25. The van der Waals surface area contributed by atoms with E-state index in [0.29, 0.717) is 89.1 Å². The Balaban J connectivity index is 0.000000323. The third-order valence-electron chi connectivity index (χ3n) is 15.4. The van der Waals surface area contributed by atoms with Crippen LogP contribution in [-0.2, 0) is 25.4 Å². The largest absolute Gasteiger partial charge is 0.495 e. The average molecular weight is 1230 g/mol. The molecule has 0 aliphatic carbocycles. The van der Waals surface area contributed by atoms with Gasteiger partial charge in [0.25, 0.3) is 11.5 Å². The van der Waals surface area contributed by atoms with Crippen LogP contribution in [0.4, 0.5) is 17.1 Å². The summed E-state index contributed by atoms with van der Waals surface area (Å²) in [6.45, 7) is 7.99. The number of ether oxygens (including phenoxy) is 5. The molecule has 89 heavy (non-hydrogen) atoms. The molecule has 0 spiro atoms. The van der Waals surface area contributed by atoms with Gasteiger partial charge in [0.2, 0.25) is 0 Å². The van der Waals surface area contributed by atoms with E-state index in [-0.39, 0.29) is 43.2 Å². The number of nitrogens with two attached hydrogens (primary N) is 1. The smallest absolute Gasteiger partial charge is 0.338 e. The van der Waals surface area contributed by atoms with Crippen LogP contribution in [0.1, 0.15) is 226 Å². The number of anilines is 3. The van der Waals surface area contributed by atoms with Crippen molar-refractivity contribution >= 4 is 51.8 Å². The molecule has 486 valence electrons. The van der Waals surface area contributed by atoms with Gasteiger partial charge in [-0.1, -0.05) is 205 Å². The number of hydrogen-bond donors (Lipinski definition) is 4. The van der Waals surface area contributed by atoms with Crippen LogP contribution in [0.15, 0.2) is 120 Å². The molecule has 5 aromatic carbocycles. The topological polar surface area (TPSA) is 211 Å². The van der Waals surface area contributed by atoms with E-state index in [0.717, 1.165) is 37.1 Å². The SMILES string of the molecule is C.CCCCCCCCCCCCCCOC(=O)c1ccc(OC)c(N)c1.CCCCCCCCCCCCCCOC(=O)c1ccc(OC)c(NCCc2nc3ccccc3c(=O)n2-c2ccccc2)c1.CCOC(=O)CC1NC(=O)c2ccccc2N1. The van der Waals surface area contributed by atoms with Gasteiger partial charge >= 0.3 is 17.9 Å². The summed E-state index contributed by atoms with van der Waals surface area (Å²) in [5, 5.41) is 9.76. The highest BCUT2D eigenvalue weighted by molar-refractivity contribution is 6.02. The van der Waals surface area contributed by atoms with Crippen molar-refractivity contribution in [2.75, 3.05) is 57.0 Å². The van der Waals surface area contributed by atoms with Crippen LogP contribution in [0.2, 0.25) is 0 Å². The summed E-state index contributed by atoms with van der Waals surface area (Å²) >= 11 is 0. The van der Waals surface area contributed by atoms with Gasteiger partial charge in [0.1, 0.15) is 23.5 Å². The first-order chi connectivity index (χ1) is 43.0. The number of benzene rings is 5. The zero-order valence-corrected chi connectivity index (χ0v) is 53.3. The van der Waals surface area contributed by atoms with Gasteiger partial charge < -0.3 is 45.4 Å². The molecular formula is C73H104N6O10. The van der Waals surface area contributed by atoms with Gasteiger partial charge in [-0.25, -0.2) is 14.6 Å². The molecule has 7 rings (SSSR count). The summed E-state index contributed by atoms with van der Waals surface area (Å²) in [5.74, 6) is 0.690. The lowest BCUT2D eigenvalue weighted by molar-refractivity contribution is -0.143. The Morgan fingerprint density at radius 2 is 1.06 bits per heavy atom. The molecule has 0 fully saturated rings. The zero-order chi connectivity index (χ0) is 63.0. The number of nitrogens with one attached hydrogen (secondary N) is 3. The Kier molecular flexibility index (Phi) is 36.1. The van der Waals surface area contributed by atoms with Crippen LogP contribution >= 0.6 is 0 Å². The second-order valence-electron chi connectivity index (χ2n) is 22.3. The minimum Gasteiger partial charge on any atom is -0.495 e. The molecule has 1 aliphatic rings. The summed E-state index contributed by atoms with van der Waals surface area (Å²) in [7, 11) is 3.15. The summed E-state index contributed by atoms with van der Waals surface area (Å²) in [5.41, 5.74) is 10.6. The monoisotopic (exact) mass is 1220 g/mol. The maximum Gasteiger partial charge on any atom is 0.338 e. The first kappa shape index (κ1) is 73.6. The Hall–Kier alpha value is -7.88. The molecule has 1 amide bonds. The average Bonchev–Trinajstić information content (AvgIpc) is 3.70. The van der Waals surface area contributed by atoms with E-state index < -0.39 is 6.17 Å². The summed E-state index contributed by atoms with van der Waals surface area (Å²) < 4.78 is 28.0. The van der Waals surface area contributed by atoms with Gasteiger partial charge in [-0.2, -0.15) is 0 Å². The number of amides is 1. The number of carbonyl (C=O) groups excluding carboxylic acids is 4. The van der Waals surface area contributed by atoms with Gasteiger partial charge in [-0.3, -0.25) is 19.0 Å².